The average Bonchev–Trinajstić information content (AvgIpc) is 3.62. The third-order valence-electron chi connectivity index (χ3n) is 13.2. The number of carbonyl (C=O) groups is 4. The largest absolute Gasteiger partial charge is 0.508 e. The molecule has 0 aliphatic carbocycles. The lowest BCUT2D eigenvalue weighted by atomic mass is 9.72. The van der Waals surface area contributed by atoms with Crippen LogP contribution in [-0.2, 0) is 22.7 Å². The Bertz CT molecular complexity index is 2280. The van der Waals surface area contributed by atoms with Gasteiger partial charge >= 0.3 is 0 Å². The highest BCUT2D eigenvalue weighted by atomic mass is 16.5. The molecule has 0 saturated carbocycles. The van der Waals surface area contributed by atoms with E-state index in [0.29, 0.717) is 50.1 Å². The monoisotopic (exact) mass is 779 g/mol. The van der Waals surface area contributed by atoms with Crippen molar-refractivity contribution in [3.8, 4) is 11.5 Å². The molecule has 0 bridgehead atoms. The van der Waals surface area contributed by atoms with E-state index in [4.69, 9.17) is 4.74 Å². The van der Waals surface area contributed by atoms with Crippen molar-refractivity contribution in [2.24, 2.45) is 5.41 Å². The van der Waals surface area contributed by atoms with E-state index in [0.717, 1.165) is 61.5 Å². The van der Waals surface area contributed by atoms with Crippen LogP contribution in [0.5, 0.6) is 11.5 Å². The van der Waals surface area contributed by atoms with Gasteiger partial charge in [-0.25, -0.2) is 0 Å². The Morgan fingerprint density at radius 2 is 1.69 bits per heavy atom. The number of allylic oxidation sites excluding steroid dienone is 1. The van der Waals surface area contributed by atoms with Gasteiger partial charge in [0.25, 0.3) is 5.91 Å². The summed E-state index contributed by atoms with van der Waals surface area (Å²) in [5.41, 5.74) is 7.95. The summed E-state index contributed by atoms with van der Waals surface area (Å²) in [6.45, 7) is 9.08. The molecule has 5 aliphatic heterocycles. The molecule has 4 aromatic carbocycles. The number of rotatable bonds is 8. The molecular weight excluding hydrogens is 731 g/mol. The van der Waals surface area contributed by atoms with E-state index in [2.05, 4.69) is 70.2 Å². The van der Waals surface area contributed by atoms with E-state index < -0.39 is 6.04 Å². The number of carbonyl (C=O) groups excluding carboxylic acids is 4. The maximum absolute atomic E-state index is 13.5. The molecule has 3 atom stereocenters. The molecule has 3 unspecified atom stereocenters. The zero-order valence-electron chi connectivity index (χ0n) is 32.9. The number of benzene rings is 4. The first-order valence-electron chi connectivity index (χ1n) is 20.3. The molecule has 3 amide bonds. The number of phenolic OH excluding ortho intramolecular Hbond substituents is 1. The van der Waals surface area contributed by atoms with Crippen molar-refractivity contribution in [3.63, 3.8) is 0 Å². The highest BCUT2D eigenvalue weighted by Crippen LogP contribution is 2.48. The fourth-order valence-electron chi connectivity index (χ4n) is 9.88. The van der Waals surface area contributed by atoms with Gasteiger partial charge in [0.1, 0.15) is 17.5 Å². The van der Waals surface area contributed by atoms with Gasteiger partial charge in [0.2, 0.25) is 11.8 Å². The van der Waals surface area contributed by atoms with Gasteiger partial charge in [0, 0.05) is 92.1 Å². The number of likely N-dealkylation sites (tertiary alicyclic amines) is 1. The predicted octanol–water partition coefficient (Wildman–Crippen LogP) is 5.82. The van der Waals surface area contributed by atoms with Crippen LogP contribution in [-0.4, -0.2) is 96.2 Å². The minimum absolute atomic E-state index is 0.0972. The van der Waals surface area contributed by atoms with Crippen LogP contribution in [0.1, 0.15) is 86.1 Å². The number of hydrogen-bond acceptors (Lipinski definition) is 8. The number of hydrogen-bond donors (Lipinski definition) is 2. The first kappa shape index (κ1) is 37.6. The molecule has 298 valence electrons. The van der Waals surface area contributed by atoms with Crippen LogP contribution in [0.25, 0.3) is 0 Å². The lowest BCUT2D eigenvalue weighted by Gasteiger charge is -2.54. The average molecular weight is 780 g/mol. The van der Waals surface area contributed by atoms with Crippen molar-refractivity contribution < 1.29 is 29.0 Å². The standard InChI is InChI=1S/C47H49N5O6/c1-30-8-15-41(45(56)48-30)49(2)46(57)39-21-34-24-50(23-33(34)20-35(39)26-53)25-43(55)52-28-47(29-52)16-18-51(19-17-47)36-11-9-32(10-12-36)44-38-14-13-37(54)22-42(38)58-27-40(44)31-6-4-3-5-7-31/h3-7,9-14,20-22,26,40-41,44,54H,1,8,15-19,23-25,27-29H2,2H3,(H,48,56). The smallest absolute Gasteiger partial charge is 0.255 e. The summed E-state index contributed by atoms with van der Waals surface area (Å²) in [6, 6.07) is 27.8. The number of nitrogens with zero attached hydrogens (tertiary/aromatic N) is 4. The molecule has 9 rings (SSSR count). The second-order valence-corrected chi connectivity index (χ2v) is 16.9. The van der Waals surface area contributed by atoms with E-state index in [1.165, 1.54) is 21.7 Å². The molecule has 0 aromatic heterocycles. The summed E-state index contributed by atoms with van der Waals surface area (Å²) in [6.07, 6.45) is 3.81. The van der Waals surface area contributed by atoms with Gasteiger partial charge in [-0.3, -0.25) is 24.1 Å². The summed E-state index contributed by atoms with van der Waals surface area (Å²) in [7, 11) is 1.59. The van der Waals surface area contributed by atoms with E-state index in [1.54, 1.807) is 31.3 Å². The minimum atomic E-state index is -0.632. The zero-order chi connectivity index (χ0) is 40.1. The van der Waals surface area contributed by atoms with Crippen LogP contribution in [0.4, 0.5) is 5.69 Å². The SMILES string of the molecule is C=C1CCC(N(C)C(=O)c2cc3c(cc2C=O)CN(CC(=O)N2CC4(CCN(c5ccc(C6c7ccc(O)cc7OCC6c6ccccc6)cc5)CC4)C2)C3)C(=O)N1. The molecule has 1 spiro atoms. The second kappa shape index (κ2) is 15.1. The van der Waals surface area contributed by atoms with Crippen LogP contribution in [0.2, 0.25) is 0 Å². The van der Waals surface area contributed by atoms with Crippen molar-refractivity contribution in [2.45, 2.75) is 56.7 Å². The maximum Gasteiger partial charge on any atom is 0.255 e. The van der Waals surface area contributed by atoms with Crippen LogP contribution < -0.4 is 15.0 Å². The number of fused-ring (bicyclic) bond motifs is 2. The molecule has 11 nitrogen and oxygen atoms in total. The number of phenols is 1. The highest BCUT2D eigenvalue weighted by Gasteiger charge is 2.47. The van der Waals surface area contributed by atoms with Crippen LogP contribution in [0, 0.1) is 5.41 Å². The van der Waals surface area contributed by atoms with Crippen LogP contribution >= 0.6 is 0 Å². The fraction of sp³-hybridized carbons (Fsp3) is 0.362. The second-order valence-electron chi connectivity index (χ2n) is 16.9. The quantitative estimate of drug-likeness (QED) is 0.215. The lowest BCUT2D eigenvalue weighted by Crippen LogP contribution is -2.63. The third kappa shape index (κ3) is 7.01. The van der Waals surface area contributed by atoms with Gasteiger partial charge in [-0.15, -0.1) is 0 Å². The Balaban J connectivity index is 0.792. The lowest BCUT2D eigenvalue weighted by molar-refractivity contribution is -0.146. The normalized spacial score (nSPS) is 22.3. The Hall–Kier alpha value is -5.94. The van der Waals surface area contributed by atoms with E-state index >= 15 is 0 Å². The molecule has 3 saturated heterocycles. The number of likely N-dealkylation sites (N-methyl/N-ethyl adjacent to an activating group) is 1. The Morgan fingerprint density at radius 3 is 2.40 bits per heavy atom. The Morgan fingerprint density at radius 1 is 0.966 bits per heavy atom. The van der Waals surface area contributed by atoms with Gasteiger partial charge in [-0.2, -0.15) is 0 Å². The summed E-state index contributed by atoms with van der Waals surface area (Å²) in [4.78, 5) is 59.7. The Kier molecular flexibility index (Phi) is 9.79. The molecule has 3 fully saturated rings. The summed E-state index contributed by atoms with van der Waals surface area (Å²) < 4.78 is 6.16. The van der Waals surface area contributed by atoms with Gasteiger partial charge < -0.3 is 29.9 Å². The molecule has 5 heterocycles. The van der Waals surface area contributed by atoms with Crippen molar-refractivity contribution in [1.82, 2.24) is 20.0 Å². The number of aromatic hydroxyl groups is 1. The summed E-state index contributed by atoms with van der Waals surface area (Å²) in [5.74, 6) is 0.646. The number of anilines is 1. The van der Waals surface area contributed by atoms with Gasteiger partial charge in [0.15, 0.2) is 6.29 Å². The van der Waals surface area contributed by atoms with Crippen molar-refractivity contribution >= 4 is 29.7 Å². The highest BCUT2D eigenvalue weighted by molar-refractivity contribution is 6.03. The molecule has 5 aliphatic rings. The van der Waals surface area contributed by atoms with E-state index in [1.807, 2.05) is 17.0 Å². The van der Waals surface area contributed by atoms with Crippen molar-refractivity contribution in [1.29, 1.82) is 0 Å². The number of amides is 3. The topological polar surface area (TPSA) is 123 Å². The summed E-state index contributed by atoms with van der Waals surface area (Å²) >= 11 is 0. The number of ether oxygens (including phenoxy) is 1. The Labute approximate surface area is 338 Å². The number of aldehydes is 1. The van der Waals surface area contributed by atoms with Crippen molar-refractivity contribution in [2.75, 3.05) is 51.3 Å². The third-order valence-corrected chi connectivity index (χ3v) is 13.2. The summed E-state index contributed by atoms with van der Waals surface area (Å²) in [5, 5.41) is 12.9. The van der Waals surface area contributed by atoms with Crippen molar-refractivity contribution in [3.05, 3.63) is 136 Å². The van der Waals surface area contributed by atoms with Gasteiger partial charge in [-0.1, -0.05) is 55.1 Å². The molecule has 58 heavy (non-hydrogen) atoms. The molecule has 11 heteroatoms. The molecular formula is C47H49N5O6. The van der Waals surface area contributed by atoms with E-state index in [-0.39, 0.29) is 52.8 Å². The maximum atomic E-state index is 13.5. The van der Waals surface area contributed by atoms with Gasteiger partial charge in [-0.05, 0) is 78.3 Å². The molecule has 0 radical (unpaired) electrons. The first-order chi connectivity index (χ1) is 28.1. The molecule has 4 aromatic rings. The number of piperidine rings is 2. The predicted molar refractivity (Wildman–Crippen MR) is 220 cm³/mol. The zero-order valence-corrected chi connectivity index (χ0v) is 32.9. The minimum Gasteiger partial charge on any atom is -0.508 e. The van der Waals surface area contributed by atoms with Gasteiger partial charge in [0.05, 0.1) is 18.7 Å². The first-order valence-corrected chi connectivity index (χ1v) is 20.3. The van der Waals surface area contributed by atoms with Crippen LogP contribution in [0.3, 0.4) is 0 Å². The molecule has 2 N–H and O–H groups in total. The fourth-order valence-corrected chi connectivity index (χ4v) is 9.88. The van der Waals surface area contributed by atoms with E-state index in [9.17, 15) is 24.3 Å². The number of nitrogens with one attached hydrogen (secondary N) is 1. The van der Waals surface area contributed by atoms with Crippen LogP contribution in [0.15, 0.2) is 97.2 Å².